The van der Waals surface area contributed by atoms with E-state index in [0.29, 0.717) is 45.7 Å². The minimum atomic E-state index is -2.59. The van der Waals surface area contributed by atoms with Crippen molar-refractivity contribution in [3.8, 4) is 0 Å². The molecule has 4 heterocycles. The van der Waals surface area contributed by atoms with E-state index in [1.807, 2.05) is 6.92 Å². The molecule has 48 heteroatoms. The molecule has 0 radical (unpaired) electrons. The van der Waals surface area contributed by atoms with Crippen LogP contribution in [0.1, 0.15) is 142 Å². The van der Waals surface area contributed by atoms with Gasteiger partial charge in [0.15, 0.2) is 12.1 Å². The number of aliphatic hydroxyl groups is 1. The molecule has 3 fully saturated rings. The fourth-order valence-corrected chi connectivity index (χ4v) is 17.7. The summed E-state index contributed by atoms with van der Waals surface area (Å²) in [5.74, 6) is -27.7. The van der Waals surface area contributed by atoms with Gasteiger partial charge in [-0.05, 0) is 84.8 Å². The lowest BCUT2D eigenvalue weighted by molar-refractivity contribution is -0.141. The van der Waals surface area contributed by atoms with Gasteiger partial charge in [-0.15, -0.1) is 0 Å². The summed E-state index contributed by atoms with van der Waals surface area (Å²) < 4.78 is 14.6. The van der Waals surface area contributed by atoms with E-state index < -0.39 is 321 Å². The van der Waals surface area contributed by atoms with Crippen LogP contribution in [0.5, 0.6) is 0 Å². The summed E-state index contributed by atoms with van der Waals surface area (Å²) in [6, 6.07) is -22.3. The molecule has 19 amide bonds. The lowest BCUT2D eigenvalue weighted by Crippen LogP contribution is -2.63. The minimum Gasteiger partial charge on any atom is -0.616 e. The van der Waals surface area contributed by atoms with Crippen LogP contribution < -0.4 is 101 Å². The Morgan fingerprint density at radius 1 is 0.597 bits per heavy atom. The molecule has 5 rings (SSSR count). The van der Waals surface area contributed by atoms with Gasteiger partial charge in [-0.3, -0.25) is 91.6 Å². The van der Waals surface area contributed by atoms with Crippen LogP contribution in [0.15, 0.2) is 30.5 Å². The molecule has 3 saturated heterocycles. The zero-order valence-electron chi connectivity index (χ0n) is 74.8. The molecule has 0 saturated carbocycles. The van der Waals surface area contributed by atoms with Crippen LogP contribution in [0.4, 0.5) is 4.79 Å². The minimum absolute atomic E-state index is 0.104. The Kier molecular flexibility index (Phi) is 44.2. The van der Waals surface area contributed by atoms with Gasteiger partial charge in [0.1, 0.15) is 89.5 Å². The number of para-hydroxylation sites is 1. The summed E-state index contributed by atoms with van der Waals surface area (Å²) in [7, 11) is 0. The van der Waals surface area contributed by atoms with Crippen LogP contribution in [0.25, 0.3) is 10.9 Å². The van der Waals surface area contributed by atoms with Crippen molar-refractivity contribution in [2.45, 2.75) is 255 Å². The number of carbonyl (C=O) groups is 20. The number of carbonyl (C=O) groups excluding carboxylic acids is 18. The van der Waals surface area contributed by atoms with Gasteiger partial charge >= 0.3 is 18.0 Å². The topological polar surface area (TPSA) is 683 Å². The average molecular weight is 1890 g/mol. The third-order valence-corrected chi connectivity index (χ3v) is 27.2. The summed E-state index contributed by atoms with van der Waals surface area (Å²) in [6.45, 7) is 19.6. The number of nitrogens with two attached hydrogens (primary N) is 1. The lowest BCUT2D eigenvalue weighted by Gasteiger charge is -2.32. The molecule has 718 valence electrons. The van der Waals surface area contributed by atoms with Crippen molar-refractivity contribution in [3.05, 3.63) is 36.0 Å². The predicted octanol–water partition coefficient (Wildman–Crippen LogP) is -5.16. The average Bonchev–Trinajstić information content (AvgIpc) is 1.62. The van der Waals surface area contributed by atoms with E-state index in [1.54, 1.807) is 65.1 Å². The van der Waals surface area contributed by atoms with Crippen molar-refractivity contribution in [2.75, 3.05) is 48.5 Å². The molecular formula is C81H126N20O24S4. The van der Waals surface area contributed by atoms with Crippen molar-refractivity contribution in [1.82, 2.24) is 101 Å². The van der Waals surface area contributed by atoms with Crippen LogP contribution in [0.3, 0.4) is 0 Å². The zero-order chi connectivity index (χ0) is 96.7. The Bertz CT molecular complexity index is 4360. The number of hydrogen-bond acceptors (Lipinski definition) is 26. The summed E-state index contributed by atoms with van der Waals surface area (Å²) >= 11 is 0.112. The molecule has 44 nitrogen and oxygen atoms in total. The van der Waals surface area contributed by atoms with Gasteiger partial charge in [-0.2, -0.15) is 35.3 Å². The maximum absolute atomic E-state index is 15.5. The second-order valence-corrected chi connectivity index (χ2v) is 39.0. The van der Waals surface area contributed by atoms with Crippen molar-refractivity contribution in [2.24, 2.45) is 35.3 Å². The largest absolute Gasteiger partial charge is 0.616 e. The Labute approximate surface area is 762 Å². The van der Waals surface area contributed by atoms with E-state index in [0.717, 1.165) is 13.8 Å². The summed E-state index contributed by atoms with van der Waals surface area (Å²) in [6.07, 6.45) is -0.233. The number of fused-ring (bicyclic) bond motifs is 19. The lowest BCUT2D eigenvalue weighted by atomic mass is 9.96. The number of aliphatic hydroxyl groups excluding tert-OH is 1. The standard InChI is InChI=1S/C81H126N20O24S4/c1-16-38(10)60-75(117)88-48(23-24-57(105)106)69(111)91-52-32-127-42(14)63(100-81(124)101-74(116)59(37(8)9)95-71(113)50(26-44-27-83-47-22-20-19-21-45(44)47)87-55(103)28-84-67(109)51(30-102)90-66(108)46(82)31-126-18-3)77(119)89-49(25-35(4)5)70(112)99-62(78(120)98-60)41(13)128-33-53-72(114)86-40(12)65(107)93-54(80(122)123)34-129(125)43(15)64(94-56(104)29-85-68(52)110)79(121)96-58(36(6)7)73(115)97-61(39(11)17-2)76(118)92-53/h19-22,27,35-43,46,48-54,58-64,83,102H,16-18,23-26,28-34,82H2,1-15H3,(H,84,109)(H,85,110)(H,86,114)(H,87,103)(H,88,117)(H,89,119)(H,90,108)(H,91,111)(H,92,118)(H,93,107)(H,94,104)(H,95,113)(H,96,121)(H,97,115)(H,98,120)(H,99,112)(H,105,106)(H,122,123)(H2,100,101,116,124)/t38?,39?,40-,41-,42-,43-,46-,48-,49-,50-,51-,52-,53-,54-,58-,59-,60-,61-,62+,63+,64-,129?/m0/s1. The maximum atomic E-state index is 15.5. The molecule has 1 aromatic carbocycles. The third kappa shape index (κ3) is 33.4. The summed E-state index contributed by atoms with van der Waals surface area (Å²) in [5, 5.41) is 71.1. The van der Waals surface area contributed by atoms with Crippen molar-refractivity contribution >= 4 is 176 Å². The molecule has 4 bridgehead atoms. The monoisotopic (exact) mass is 1890 g/mol. The molecule has 3 aliphatic heterocycles. The van der Waals surface area contributed by atoms with Gasteiger partial charge in [-0.25, -0.2) is 9.59 Å². The SMILES string of the molecule is CCSC[C@H](N)C(=O)N[C@@H](CO)C(=O)NCC(=O)N[C@@H](Cc1c[nH]c2ccccc12)C(=O)N[C@H](C(=O)NC(=O)N[C@H]1C(=O)N[C@@H](CC(C)C)C(=O)N[C@H]2C(=O)N[C@@H](C(C)CC)C(=O)N[C@@H](CCC(=O)O)C(=O)N[C@@H](CS[C@H]1C)C(=O)NCC(=O)N[C@@H]1C(=O)N[C@@H](C(C)C)C(=O)N[C@@H](C(C)CC)C(=O)N[C@@H](CS[C@H]2C)C(=O)N[C@@H](C)C(=O)N[C@H](C(=O)O)C[S+]([O-])[C@H]1C)C(C)C. The Morgan fingerprint density at radius 2 is 1.17 bits per heavy atom. The van der Waals surface area contributed by atoms with Gasteiger partial charge in [0.05, 0.1) is 25.7 Å². The highest BCUT2D eigenvalue weighted by Crippen LogP contribution is 2.25. The van der Waals surface area contributed by atoms with E-state index >= 15 is 24.0 Å². The van der Waals surface area contributed by atoms with E-state index in [4.69, 9.17) is 5.73 Å². The Balaban J connectivity index is 1.73. The number of H-pyrrole nitrogens is 1. The maximum Gasteiger partial charge on any atom is 0.331 e. The van der Waals surface area contributed by atoms with Gasteiger partial charge in [0.25, 0.3) is 5.91 Å². The third-order valence-electron chi connectivity index (χ3n) is 21.8. The molecule has 3 aliphatic rings. The van der Waals surface area contributed by atoms with Crippen LogP contribution in [0, 0.1) is 29.6 Å². The Morgan fingerprint density at radius 3 is 1.77 bits per heavy atom. The molecule has 22 atom stereocenters. The number of aliphatic carboxylic acids is 2. The van der Waals surface area contributed by atoms with E-state index in [-0.39, 0.29) is 31.4 Å². The number of rotatable bonds is 28. The first-order valence-corrected chi connectivity index (χ1v) is 47.2. The normalized spacial score (nSPS) is 26.6. The number of nitrogens with one attached hydrogen (secondary N) is 19. The van der Waals surface area contributed by atoms with Crippen LogP contribution in [-0.2, 0) is 109 Å². The molecule has 0 aliphatic carbocycles. The number of amides is 19. The number of benzene rings is 1. The first-order chi connectivity index (χ1) is 60.6. The number of aromatic nitrogens is 1. The van der Waals surface area contributed by atoms with Gasteiger partial charge in [0.2, 0.25) is 94.5 Å². The highest BCUT2D eigenvalue weighted by Gasteiger charge is 2.45. The highest BCUT2D eigenvalue weighted by molar-refractivity contribution is 8.00. The fourth-order valence-electron chi connectivity index (χ4n) is 13.5. The molecule has 0 spiro atoms. The number of hydrogen-bond donors (Lipinski definition) is 23. The summed E-state index contributed by atoms with van der Waals surface area (Å²) in [5.41, 5.74) is 7.07. The molecule has 3 unspecified atom stereocenters. The second-order valence-electron chi connectivity index (χ2n) is 33.1. The van der Waals surface area contributed by atoms with E-state index in [9.17, 15) is 91.8 Å². The van der Waals surface area contributed by atoms with Crippen molar-refractivity contribution < 1.29 is 116 Å². The number of thioether (sulfide) groups is 3. The Hall–Kier alpha value is -10.6. The van der Waals surface area contributed by atoms with E-state index in [1.165, 1.54) is 60.2 Å². The fraction of sp³-hybridized carbons (Fsp3) is 0.654. The number of carboxylic acids is 2. The van der Waals surface area contributed by atoms with Gasteiger partial charge < -0.3 is 121 Å². The number of imide groups is 1. The van der Waals surface area contributed by atoms with Crippen LogP contribution in [0.2, 0.25) is 0 Å². The smallest absolute Gasteiger partial charge is 0.331 e. The summed E-state index contributed by atoms with van der Waals surface area (Å²) in [4.78, 5) is 292. The molecular weight excluding hydrogens is 1770 g/mol. The number of aromatic amines is 1. The van der Waals surface area contributed by atoms with E-state index in [2.05, 4.69) is 101 Å². The van der Waals surface area contributed by atoms with Gasteiger partial charge in [0, 0.05) is 57.7 Å². The highest BCUT2D eigenvalue weighted by atomic mass is 32.2. The first-order valence-electron chi connectivity index (χ1n) is 42.6. The molecule has 129 heavy (non-hydrogen) atoms. The second kappa shape index (κ2) is 52.3. The van der Waals surface area contributed by atoms with Crippen molar-refractivity contribution in [3.63, 3.8) is 0 Å². The quantitative estimate of drug-likeness (QED) is 0.0280. The number of urea groups is 1. The number of carboxylic acid groups (broad SMARTS) is 2. The van der Waals surface area contributed by atoms with Crippen molar-refractivity contribution in [1.29, 1.82) is 0 Å². The van der Waals surface area contributed by atoms with Crippen LogP contribution >= 0.6 is 35.3 Å². The first kappa shape index (κ1) is 109. The predicted molar refractivity (Wildman–Crippen MR) is 478 cm³/mol. The zero-order valence-corrected chi connectivity index (χ0v) is 78.0. The molecule has 24 N–H and O–H groups in total. The van der Waals surface area contributed by atoms with Crippen LogP contribution in [-0.4, -0.2) is 304 Å². The molecule has 1 aromatic heterocycles. The molecule has 2 aromatic rings. The van der Waals surface area contributed by atoms with Gasteiger partial charge in [-0.1, -0.05) is 121 Å².